The molecule has 0 amide bonds. The zero-order chi connectivity index (χ0) is 12.0. The molecule has 1 N–H and O–H groups in total. The van der Waals surface area contributed by atoms with Crippen LogP contribution in [0.4, 0.5) is 5.82 Å². The molecular weight excluding hydrogens is 202 g/mol. The number of hydrogen-bond donors (Lipinski definition) is 1. The Hall–Kier alpha value is -1.32. The first-order valence-electron chi connectivity index (χ1n) is 5.93. The summed E-state index contributed by atoms with van der Waals surface area (Å²) >= 11 is 0. The molecule has 0 radical (unpaired) electrons. The second-order valence-corrected chi connectivity index (χ2v) is 4.23. The summed E-state index contributed by atoms with van der Waals surface area (Å²) in [5.74, 6) is 0.453. The van der Waals surface area contributed by atoms with Crippen molar-refractivity contribution in [2.75, 3.05) is 5.32 Å². The van der Waals surface area contributed by atoms with E-state index in [-0.39, 0.29) is 5.56 Å². The molecule has 0 saturated carbocycles. The summed E-state index contributed by atoms with van der Waals surface area (Å²) in [6.07, 6.45) is 8.04. The number of rotatable bonds is 6. The zero-order valence-corrected chi connectivity index (χ0v) is 10.4. The highest BCUT2D eigenvalue weighted by atomic mass is 16.1. The lowest BCUT2D eigenvalue weighted by Gasteiger charge is -2.13. The number of hydrogen-bond acceptors (Lipinski definition) is 3. The molecule has 1 atom stereocenters. The molecule has 0 bridgehead atoms. The molecule has 0 aliphatic carbocycles. The number of anilines is 1. The summed E-state index contributed by atoms with van der Waals surface area (Å²) in [5, 5.41) is 3.17. The Kier molecular flexibility index (Phi) is 5.02. The van der Waals surface area contributed by atoms with Gasteiger partial charge in [-0.1, -0.05) is 26.2 Å². The molecule has 0 aliphatic heterocycles. The smallest absolute Gasteiger partial charge is 0.293 e. The lowest BCUT2D eigenvalue weighted by molar-refractivity contribution is 0.612. The van der Waals surface area contributed by atoms with E-state index in [4.69, 9.17) is 0 Å². The van der Waals surface area contributed by atoms with Gasteiger partial charge in [0.2, 0.25) is 0 Å². The van der Waals surface area contributed by atoms with Crippen LogP contribution in [-0.4, -0.2) is 15.6 Å². The third kappa shape index (κ3) is 3.68. The van der Waals surface area contributed by atoms with Crippen molar-refractivity contribution >= 4 is 5.82 Å². The molecular formula is C12H21N3O. The predicted molar refractivity (Wildman–Crippen MR) is 66.7 cm³/mol. The third-order valence-electron chi connectivity index (χ3n) is 2.64. The van der Waals surface area contributed by atoms with Crippen molar-refractivity contribution in [3.05, 3.63) is 22.7 Å². The number of aromatic nitrogens is 2. The van der Waals surface area contributed by atoms with Gasteiger partial charge in [-0.2, -0.15) is 0 Å². The van der Waals surface area contributed by atoms with Crippen LogP contribution in [0.15, 0.2) is 17.2 Å². The Labute approximate surface area is 96.7 Å². The molecule has 1 heterocycles. The van der Waals surface area contributed by atoms with Crippen LogP contribution in [0.3, 0.4) is 0 Å². The minimum absolute atomic E-state index is 0.0650. The van der Waals surface area contributed by atoms with Gasteiger partial charge in [0.25, 0.3) is 5.56 Å². The van der Waals surface area contributed by atoms with Crippen LogP contribution in [0, 0.1) is 0 Å². The molecule has 0 aromatic carbocycles. The normalized spacial score (nSPS) is 12.4. The summed E-state index contributed by atoms with van der Waals surface area (Å²) in [6.45, 7) is 4.27. The Balaban J connectivity index is 2.53. The van der Waals surface area contributed by atoms with Gasteiger partial charge in [0.15, 0.2) is 5.82 Å². The van der Waals surface area contributed by atoms with Crippen LogP contribution in [0.5, 0.6) is 0 Å². The van der Waals surface area contributed by atoms with E-state index in [0.717, 1.165) is 6.42 Å². The topological polar surface area (TPSA) is 46.9 Å². The van der Waals surface area contributed by atoms with Gasteiger partial charge in [-0.05, 0) is 13.3 Å². The molecule has 1 aromatic rings. The minimum atomic E-state index is -0.0650. The first-order chi connectivity index (χ1) is 7.65. The van der Waals surface area contributed by atoms with E-state index in [2.05, 4.69) is 24.1 Å². The van der Waals surface area contributed by atoms with Gasteiger partial charge in [0.05, 0.1) is 0 Å². The quantitative estimate of drug-likeness (QED) is 0.752. The van der Waals surface area contributed by atoms with E-state index >= 15 is 0 Å². The van der Waals surface area contributed by atoms with Crippen LogP contribution in [0.25, 0.3) is 0 Å². The van der Waals surface area contributed by atoms with Gasteiger partial charge in [0.1, 0.15) is 0 Å². The summed E-state index contributed by atoms with van der Waals surface area (Å²) in [5.41, 5.74) is -0.0650. The highest BCUT2D eigenvalue weighted by molar-refractivity contribution is 5.31. The van der Waals surface area contributed by atoms with E-state index in [1.807, 2.05) is 0 Å². The van der Waals surface area contributed by atoms with Crippen molar-refractivity contribution in [2.24, 2.45) is 7.05 Å². The van der Waals surface area contributed by atoms with E-state index in [1.54, 1.807) is 19.4 Å². The number of nitrogens with zero attached hydrogens (tertiary/aromatic N) is 2. The summed E-state index contributed by atoms with van der Waals surface area (Å²) < 4.78 is 1.54. The fourth-order valence-electron chi connectivity index (χ4n) is 1.60. The Bertz CT molecular complexity index is 373. The average Bonchev–Trinajstić information content (AvgIpc) is 2.25. The molecule has 0 spiro atoms. The largest absolute Gasteiger partial charge is 0.363 e. The summed E-state index contributed by atoms with van der Waals surface area (Å²) in [7, 11) is 1.73. The molecule has 0 aliphatic rings. The highest BCUT2D eigenvalue weighted by Gasteiger charge is 2.06. The standard InChI is InChI=1S/C12H21N3O/c1-4-5-6-7-10(2)14-11-12(16)15(3)9-8-13-11/h8-10H,4-7H2,1-3H3,(H,13,14). The van der Waals surface area contributed by atoms with Gasteiger partial charge in [0, 0.05) is 25.5 Å². The van der Waals surface area contributed by atoms with Gasteiger partial charge in [-0.15, -0.1) is 0 Å². The summed E-state index contributed by atoms with van der Waals surface area (Å²) in [4.78, 5) is 15.7. The zero-order valence-electron chi connectivity index (χ0n) is 10.4. The fourth-order valence-corrected chi connectivity index (χ4v) is 1.60. The molecule has 1 unspecified atom stereocenters. The van der Waals surface area contributed by atoms with Crippen LogP contribution in [-0.2, 0) is 7.05 Å². The fraction of sp³-hybridized carbons (Fsp3) is 0.667. The SMILES string of the molecule is CCCCCC(C)Nc1nccn(C)c1=O. The van der Waals surface area contributed by atoms with Crippen molar-refractivity contribution in [1.29, 1.82) is 0 Å². The first-order valence-corrected chi connectivity index (χ1v) is 5.93. The van der Waals surface area contributed by atoms with Gasteiger partial charge in [-0.25, -0.2) is 4.98 Å². The molecule has 1 rings (SSSR count). The van der Waals surface area contributed by atoms with E-state index in [1.165, 1.54) is 23.8 Å². The van der Waals surface area contributed by atoms with Crippen molar-refractivity contribution < 1.29 is 0 Å². The van der Waals surface area contributed by atoms with Crippen molar-refractivity contribution in [1.82, 2.24) is 9.55 Å². The van der Waals surface area contributed by atoms with E-state index < -0.39 is 0 Å². The second kappa shape index (κ2) is 6.30. The van der Waals surface area contributed by atoms with Crippen LogP contribution in [0.1, 0.15) is 39.5 Å². The number of aryl methyl sites for hydroxylation is 1. The maximum Gasteiger partial charge on any atom is 0.293 e. The molecule has 4 heteroatoms. The third-order valence-corrected chi connectivity index (χ3v) is 2.64. The van der Waals surface area contributed by atoms with E-state index in [0.29, 0.717) is 11.9 Å². The van der Waals surface area contributed by atoms with E-state index in [9.17, 15) is 4.79 Å². The Morgan fingerprint density at radius 3 is 2.94 bits per heavy atom. The predicted octanol–water partition coefficient (Wildman–Crippen LogP) is 2.16. The Morgan fingerprint density at radius 1 is 1.50 bits per heavy atom. The summed E-state index contributed by atoms with van der Waals surface area (Å²) in [6, 6.07) is 0.300. The van der Waals surface area contributed by atoms with Gasteiger partial charge in [-0.3, -0.25) is 4.79 Å². The Morgan fingerprint density at radius 2 is 2.25 bits per heavy atom. The second-order valence-electron chi connectivity index (χ2n) is 4.23. The minimum Gasteiger partial charge on any atom is -0.363 e. The maximum absolute atomic E-state index is 11.7. The molecule has 4 nitrogen and oxygen atoms in total. The molecule has 90 valence electrons. The van der Waals surface area contributed by atoms with Crippen LogP contribution >= 0.6 is 0 Å². The average molecular weight is 223 g/mol. The monoisotopic (exact) mass is 223 g/mol. The van der Waals surface area contributed by atoms with Crippen LogP contribution < -0.4 is 10.9 Å². The number of unbranched alkanes of at least 4 members (excludes halogenated alkanes) is 2. The molecule has 0 saturated heterocycles. The highest BCUT2D eigenvalue weighted by Crippen LogP contribution is 2.06. The molecule has 1 aromatic heterocycles. The van der Waals surface area contributed by atoms with Gasteiger partial charge >= 0.3 is 0 Å². The number of nitrogens with one attached hydrogen (secondary N) is 1. The first kappa shape index (κ1) is 12.7. The van der Waals surface area contributed by atoms with Crippen LogP contribution in [0.2, 0.25) is 0 Å². The van der Waals surface area contributed by atoms with Gasteiger partial charge < -0.3 is 9.88 Å². The lowest BCUT2D eigenvalue weighted by atomic mass is 10.1. The van der Waals surface area contributed by atoms with Crippen molar-refractivity contribution in [3.8, 4) is 0 Å². The molecule has 0 fully saturated rings. The maximum atomic E-state index is 11.7. The van der Waals surface area contributed by atoms with Crippen molar-refractivity contribution in [3.63, 3.8) is 0 Å². The lowest BCUT2D eigenvalue weighted by Crippen LogP contribution is -2.26. The molecule has 16 heavy (non-hydrogen) atoms. The van der Waals surface area contributed by atoms with Crippen molar-refractivity contribution in [2.45, 2.75) is 45.6 Å².